The molecule has 0 spiro atoms. The van der Waals surface area contributed by atoms with E-state index in [4.69, 9.17) is 5.41 Å². The molecule has 20 heavy (non-hydrogen) atoms. The average Bonchev–Trinajstić information content (AvgIpc) is 2.45. The zero-order valence-corrected chi connectivity index (χ0v) is 12.2. The number of aryl methyl sites for hydroxylation is 2. The summed E-state index contributed by atoms with van der Waals surface area (Å²) >= 11 is 1.53. The van der Waals surface area contributed by atoms with Gasteiger partial charge in [0, 0.05) is 11.9 Å². The first kappa shape index (κ1) is 12.9. The first-order valence-electron chi connectivity index (χ1n) is 6.40. The number of fused-ring (bicyclic) bond motifs is 1. The van der Waals surface area contributed by atoms with Gasteiger partial charge in [-0.25, -0.2) is 4.98 Å². The van der Waals surface area contributed by atoms with Gasteiger partial charge in [0.15, 0.2) is 5.49 Å². The fourth-order valence-corrected chi connectivity index (χ4v) is 3.00. The van der Waals surface area contributed by atoms with Gasteiger partial charge in [-0.3, -0.25) is 5.41 Å². The summed E-state index contributed by atoms with van der Waals surface area (Å²) in [5.41, 5.74) is 3.54. The second-order valence-electron chi connectivity index (χ2n) is 4.73. The van der Waals surface area contributed by atoms with E-state index < -0.39 is 0 Å². The van der Waals surface area contributed by atoms with Crippen molar-refractivity contribution >= 4 is 22.8 Å². The lowest BCUT2D eigenvalue weighted by molar-refractivity contribution is 0.793. The van der Waals surface area contributed by atoms with E-state index in [0.29, 0.717) is 5.49 Å². The highest BCUT2D eigenvalue weighted by atomic mass is 32.2. The first-order chi connectivity index (χ1) is 9.65. The van der Waals surface area contributed by atoms with Crippen LogP contribution in [0.1, 0.15) is 5.56 Å². The summed E-state index contributed by atoms with van der Waals surface area (Å²) in [5, 5.41) is 8.99. The largest absolute Gasteiger partial charge is 0.326 e. The van der Waals surface area contributed by atoms with Crippen LogP contribution in [0.5, 0.6) is 0 Å². The Morgan fingerprint density at radius 3 is 2.60 bits per heavy atom. The van der Waals surface area contributed by atoms with E-state index in [2.05, 4.69) is 18.0 Å². The number of nitrogens with one attached hydrogen (secondary N) is 1. The van der Waals surface area contributed by atoms with Crippen molar-refractivity contribution < 1.29 is 0 Å². The Labute approximate surface area is 121 Å². The Kier molecular flexibility index (Phi) is 3.32. The molecule has 0 saturated heterocycles. The molecule has 0 aliphatic heterocycles. The molecular formula is C16H15N3S. The molecule has 1 aromatic heterocycles. The van der Waals surface area contributed by atoms with Crippen molar-refractivity contribution in [3.05, 3.63) is 59.6 Å². The molecule has 0 amide bonds. The van der Waals surface area contributed by atoms with Crippen molar-refractivity contribution in [2.75, 3.05) is 0 Å². The summed E-state index contributed by atoms with van der Waals surface area (Å²) in [7, 11) is 1.91. The second-order valence-corrected chi connectivity index (χ2v) is 5.79. The van der Waals surface area contributed by atoms with Gasteiger partial charge in [-0.15, -0.1) is 0 Å². The summed E-state index contributed by atoms with van der Waals surface area (Å²) in [6, 6.07) is 16.2. The predicted octanol–water partition coefficient (Wildman–Crippen LogP) is 3.51. The molecule has 0 unspecified atom stereocenters. The van der Waals surface area contributed by atoms with Crippen molar-refractivity contribution in [1.82, 2.24) is 9.55 Å². The third kappa shape index (κ3) is 2.34. The Hall–Kier alpha value is -2.07. The van der Waals surface area contributed by atoms with Crippen LogP contribution in [0.15, 0.2) is 58.5 Å². The standard InChI is InChI=1S/C16H15N3S/c1-11-8-9-14-13(10-11)18-16(15(17)19(14)2)20-12-6-4-3-5-7-12/h3-10,17H,1-2H3. The van der Waals surface area contributed by atoms with E-state index in [1.807, 2.05) is 54.1 Å². The molecule has 100 valence electrons. The van der Waals surface area contributed by atoms with Crippen LogP contribution in [-0.2, 0) is 7.05 Å². The van der Waals surface area contributed by atoms with Gasteiger partial charge in [-0.2, -0.15) is 0 Å². The molecule has 0 radical (unpaired) electrons. The van der Waals surface area contributed by atoms with Crippen LogP contribution in [0, 0.1) is 12.3 Å². The highest BCUT2D eigenvalue weighted by Gasteiger charge is 2.07. The molecule has 0 bridgehead atoms. The normalized spacial score (nSPS) is 10.9. The van der Waals surface area contributed by atoms with Gasteiger partial charge < -0.3 is 4.57 Å². The third-order valence-electron chi connectivity index (χ3n) is 3.21. The predicted molar refractivity (Wildman–Crippen MR) is 81.9 cm³/mol. The van der Waals surface area contributed by atoms with Gasteiger partial charge >= 0.3 is 0 Å². The molecule has 0 aliphatic rings. The second kappa shape index (κ2) is 5.13. The van der Waals surface area contributed by atoms with Crippen LogP contribution in [-0.4, -0.2) is 9.55 Å². The van der Waals surface area contributed by atoms with E-state index in [9.17, 15) is 0 Å². The fraction of sp³-hybridized carbons (Fsp3) is 0.125. The number of hydrogen-bond acceptors (Lipinski definition) is 3. The van der Waals surface area contributed by atoms with Gasteiger partial charge in [0.1, 0.15) is 5.03 Å². The van der Waals surface area contributed by atoms with Crippen molar-refractivity contribution in [3.8, 4) is 0 Å². The van der Waals surface area contributed by atoms with E-state index in [0.717, 1.165) is 21.0 Å². The summed E-state index contributed by atoms with van der Waals surface area (Å²) < 4.78 is 1.88. The molecule has 0 atom stereocenters. The Bertz CT molecular complexity index is 822. The van der Waals surface area contributed by atoms with Crippen molar-refractivity contribution in [1.29, 1.82) is 5.41 Å². The van der Waals surface area contributed by atoms with Gasteiger partial charge in [0.05, 0.1) is 11.0 Å². The maximum absolute atomic E-state index is 8.26. The molecule has 4 heteroatoms. The van der Waals surface area contributed by atoms with Crippen molar-refractivity contribution in [3.63, 3.8) is 0 Å². The minimum absolute atomic E-state index is 0.440. The van der Waals surface area contributed by atoms with Crippen LogP contribution in [0.3, 0.4) is 0 Å². The van der Waals surface area contributed by atoms with Crippen LogP contribution in [0.4, 0.5) is 0 Å². The summed E-state index contributed by atoms with van der Waals surface area (Å²) in [6.45, 7) is 2.06. The zero-order chi connectivity index (χ0) is 14.1. The smallest absolute Gasteiger partial charge is 0.158 e. The minimum Gasteiger partial charge on any atom is -0.326 e. The molecule has 1 heterocycles. The van der Waals surface area contributed by atoms with Crippen LogP contribution in [0.25, 0.3) is 11.0 Å². The summed E-state index contributed by atoms with van der Waals surface area (Å²) in [5.74, 6) is 0. The molecule has 2 aromatic carbocycles. The van der Waals surface area contributed by atoms with E-state index in [-0.39, 0.29) is 0 Å². The Balaban J connectivity index is 2.16. The number of rotatable bonds is 2. The molecule has 0 aliphatic carbocycles. The topological polar surface area (TPSA) is 41.7 Å². The van der Waals surface area contributed by atoms with Gasteiger partial charge in [-0.05, 0) is 36.8 Å². The summed E-state index contributed by atoms with van der Waals surface area (Å²) in [4.78, 5) is 5.74. The molecule has 3 rings (SSSR count). The molecule has 1 N–H and O–H groups in total. The lowest BCUT2D eigenvalue weighted by atomic mass is 10.2. The van der Waals surface area contributed by atoms with Gasteiger partial charge in [0.25, 0.3) is 0 Å². The van der Waals surface area contributed by atoms with Crippen LogP contribution < -0.4 is 5.49 Å². The number of benzene rings is 2. The monoisotopic (exact) mass is 281 g/mol. The maximum atomic E-state index is 8.26. The minimum atomic E-state index is 0.440. The highest BCUT2D eigenvalue weighted by Crippen LogP contribution is 2.24. The van der Waals surface area contributed by atoms with Crippen LogP contribution in [0.2, 0.25) is 0 Å². The van der Waals surface area contributed by atoms with Gasteiger partial charge in [0.2, 0.25) is 0 Å². The molecule has 0 fully saturated rings. The van der Waals surface area contributed by atoms with Crippen molar-refractivity contribution in [2.24, 2.45) is 7.05 Å². The van der Waals surface area contributed by atoms with Crippen LogP contribution >= 0.6 is 11.8 Å². The van der Waals surface area contributed by atoms with Crippen molar-refractivity contribution in [2.45, 2.75) is 16.8 Å². The fourth-order valence-electron chi connectivity index (χ4n) is 2.10. The molecule has 3 aromatic rings. The quantitative estimate of drug-likeness (QED) is 0.781. The van der Waals surface area contributed by atoms with Gasteiger partial charge in [-0.1, -0.05) is 36.0 Å². The lowest BCUT2D eigenvalue weighted by Crippen LogP contribution is -2.20. The Morgan fingerprint density at radius 1 is 1.10 bits per heavy atom. The highest BCUT2D eigenvalue weighted by molar-refractivity contribution is 7.99. The summed E-state index contributed by atoms with van der Waals surface area (Å²) in [6.07, 6.45) is 0. The van der Waals surface area contributed by atoms with E-state index >= 15 is 0 Å². The first-order valence-corrected chi connectivity index (χ1v) is 7.22. The number of aromatic nitrogens is 2. The Morgan fingerprint density at radius 2 is 1.85 bits per heavy atom. The number of hydrogen-bond donors (Lipinski definition) is 1. The number of nitrogens with zero attached hydrogens (tertiary/aromatic N) is 2. The molecular weight excluding hydrogens is 266 g/mol. The lowest BCUT2D eigenvalue weighted by Gasteiger charge is -2.09. The SMILES string of the molecule is Cc1ccc2c(c1)nc(Sc1ccccc1)c(=N)n2C. The molecule has 0 saturated carbocycles. The van der Waals surface area contributed by atoms with E-state index in [1.54, 1.807) is 0 Å². The van der Waals surface area contributed by atoms with E-state index in [1.165, 1.54) is 17.3 Å². The maximum Gasteiger partial charge on any atom is 0.158 e. The third-order valence-corrected chi connectivity index (χ3v) is 4.20. The average molecular weight is 281 g/mol. The molecule has 3 nitrogen and oxygen atoms in total. The zero-order valence-electron chi connectivity index (χ0n) is 11.4.